The minimum absolute atomic E-state index is 0.112. The van der Waals surface area contributed by atoms with Crippen LogP contribution in [0.4, 0.5) is 0 Å². The lowest BCUT2D eigenvalue weighted by Gasteiger charge is -2.64. The summed E-state index contributed by atoms with van der Waals surface area (Å²) in [6.45, 7) is 2.63. The van der Waals surface area contributed by atoms with Crippen LogP contribution in [0.5, 0.6) is 0 Å². The second-order valence-corrected chi connectivity index (χ2v) is 7.22. The van der Waals surface area contributed by atoms with Gasteiger partial charge in [0.15, 0.2) is 0 Å². The van der Waals surface area contributed by atoms with Crippen LogP contribution < -0.4 is 5.32 Å². The highest BCUT2D eigenvalue weighted by Gasteiger charge is 2.71. The topological polar surface area (TPSA) is 64.6 Å². The predicted octanol–water partition coefficient (Wildman–Crippen LogP) is 2.39. The van der Waals surface area contributed by atoms with Crippen LogP contribution in [0.2, 0.25) is 0 Å². The van der Waals surface area contributed by atoms with E-state index >= 15 is 0 Å². The highest BCUT2D eigenvalue weighted by atomic mass is 16.5. The van der Waals surface area contributed by atoms with Gasteiger partial charge in [-0.1, -0.05) is 42.5 Å². The van der Waals surface area contributed by atoms with Crippen molar-refractivity contribution in [2.24, 2.45) is 5.41 Å². The van der Waals surface area contributed by atoms with Crippen molar-refractivity contribution in [1.29, 1.82) is 0 Å². The summed E-state index contributed by atoms with van der Waals surface area (Å²) < 4.78 is 10.5. The molecule has 1 saturated heterocycles. The van der Waals surface area contributed by atoms with Crippen molar-refractivity contribution in [3.05, 3.63) is 48.0 Å². The molecule has 25 heavy (non-hydrogen) atoms. The molecule has 0 bridgehead atoms. The summed E-state index contributed by atoms with van der Waals surface area (Å²) in [4.78, 5) is 24.5. The van der Waals surface area contributed by atoms with E-state index in [2.05, 4.69) is 29.6 Å². The van der Waals surface area contributed by atoms with Crippen LogP contribution in [0.1, 0.15) is 24.8 Å². The van der Waals surface area contributed by atoms with Gasteiger partial charge in [-0.2, -0.15) is 0 Å². The number of nitrogens with one attached hydrogen (secondary N) is 1. The van der Waals surface area contributed by atoms with Crippen LogP contribution in [0.25, 0.3) is 10.8 Å². The smallest absolute Gasteiger partial charge is 0.332 e. The summed E-state index contributed by atoms with van der Waals surface area (Å²) in [5.41, 5.74) is -0.0984. The van der Waals surface area contributed by atoms with Crippen molar-refractivity contribution in [2.75, 3.05) is 20.3 Å². The van der Waals surface area contributed by atoms with Gasteiger partial charge in [-0.3, -0.25) is 4.79 Å². The monoisotopic (exact) mass is 339 g/mol. The third-order valence-electron chi connectivity index (χ3n) is 5.57. The molecular formula is C20H21NO4. The van der Waals surface area contributed by atoms with Crippen molar-refractivity contribution in [1.82, 2.24) is 5.32 Å². The summed E-state index contributed by atoms with van der Waals surface area (Å²) in [7, 11) is 1.37. The summed E-state index contributed by atoms with van der Waals surface area (Å²) >= 11 is 0. The third-order valence-corrected chi connectivity index (χ3v) is 5.57. The average molecular weight is 339 g/mol. The molecule has 5 heteroatoms. The maximum Gasteiger partial charge on any atom is 0.332 e. The number of hydrogen-bond donors (Lipinski definition) is 1. The molecule has 2 aromatic rings. The maximum absolute atomic E-state index is 12.6. The molecule has 0 radical (unpaired) electrons. The van der Waals surface area contributed by atoms with Gasteiger partial charge in [0, 0.05) is 18.3 Å². The molecule has 2 aromatic carbocycles. The van der Waals surface area contributed by atoms with Crippen molar-refractivity contribution < 1.29 is 19.1 Å². The Balaban J connectivity index is 1.83. The molecule has 1 spiro atoms. The van der Waals surface area contributed by atoms with E-state index in [0.29, 0.717) is 19.6 Å². The Bertz CT molecular complexity index is 858. The molecule has 1 N–H and O–H groups in total. The number of benzene rings is 2. The zero-order valence-corrected chi connectivity index (χ0v) is 14.4. The first-order valence-corrected chi connectivity index (χ1v) is 8.44. The predicted molar refractivity (Wildman–Crippen MR) is 93.1 cm³/mol. The molecule has 2 atom stereocenters. The Morgan fingerprint density at radius 2 is 1.88 bits per heavy atom. The van der Waals surface area contributed by atoms with Gasteiger partial charge in [-0.05, 0) is 22.8 Å². The van der Waals surface area contributed by atoms with E-state index in [1.54, 1.807) is 0 Å². The summed E-state index contributed by atoms with van der Waals surface area (Å²) in [6, 6.07) is 14.3. The van der Waals surface area contributed by atoms with Gasteiger partial charge in [0.2, 0.25) is 5.91 Å². The first kappa shape index (κ1) is 16.1. The SMILES string of the molecule is COC(=O)C1(NC(C)=O)CC2(COC2)C1c1ccc2ccccc2c1. The molecule has 1 saturated carbocycles. The van der Waals surface area contributed by atoms with E-state index in [4.69, 9.17) is 9.47 Å². The first-order valence-electron chi connectivity index (χ1n) is 8.44. The van der Waals surface area contributed by atoms with Crippen molar-refractivity contribution in [3.63, 3.8) is 0 Å². The molecule has 4 rings (SSSR count). The second-order valence-electron chi connectivity index (χ2n) is 7.22. The van der Waals surface area contributed by atoms with Crippen molar-refractivity contribution in [3.8, 4) is 0 Å². The van der Waals surface area contributed by atoms with Gasteiger partial charge in [0.05, 0.1) is 20.3 Å². The molecule has 2 unspecified atom stereocenters. The number of rotatable bonds is 3. The van der Waals surface area contributed by atoms with Gasteiger partial charge < -0.3 is 14.8 Å². The van der Waals surface area contributed by atoms with E-state index < -0.39 is 11.5 Å². The van der Waals surface area contributed by atoms with Crippen LogP contribution in [-0.2, 0) is 19.1 Å². The largest absolute Gasteiger partial charge is 0.467 e. The molecule has 1 heterocycles. The first-order chi connectivity index (χ1) is 12.0. The Hall–Kier alpha value is -2.40. The van der Waals surface area contributed by atoms with Crippen LogP contribution in [0, 0.1) is 5.41 Å². The minimum Gasteiger partial charge on any atom is -0.467 e. The zero-order valence-electron chi connectivity index (χ0n) is 14.4. The van der Waals surface area contributed by atoms with Crippen LogP contribution in [0.15, 0.2) is 42.5 Å². The third kappa shape index (κ3) is 2.26. The van der Waals surface area contributed by atoms with Gasteiger partial charge in [-0.25, -0.2) is 4.79 Å². The van der Waals surface area contributed by atoms with Gasteiger partial charge in [0.25, 0.3) is 0 Å². The second kappa shape index (κ2) is 5.56. The number of carbonyl (C=O) groups excluding carboxylic acids is 2. The van der Waals surface area contributed by atoms with E-state index in [9.17, 15) is 9.59 Å². The van der Waals surface area contributed by atoms with Gasteiger partial charge in [-0.15, -0.1) is 0 Å². The molecule has 1 aliphatic heterocycles. The maximum atomic E-state index is 12.6. The highest BCUT2D eigenvalue weighted by molar-refractivity contribution is 5.91. The Morgan fingerprint density at radius 3 is 2.48 bits per heavy atom. The summed E-state index contributed by atoms with van der Waals surface area (Å²) in [5, 5.41) is 5.16. The molecule has 130 valence electrons. The number of fused-ring (bicyclic) bond motifs is 1. The van der Waals surface area contributed by atoms with E-state index in [0.717, 1.165) is 16.3 Å². The van der Waals surface area contributed by atoms with Crippen LogP contribution >= 0.6 is 0 Å². The Kier molecular flexibility index (Phi) is 3.58. The lowest BCUT2D eigenvalue weighted by atomic mass is 9.46. The van der Waals surface area contributed by atoms with E-state index in [1.165, 1.54) is 14.0 Å². The molecule has 2 aliphatic rings. The van der Waals surface area contributed by atoms with E-state index in [-0.39, 0.29) is 17.2 Å². The Labute approximate surface area is 146 Å². The fraction of sp³-hybridized carbons (Fsp3) is 0.400. The number of amides is 1. The van der Waals surface area contributed by atoms with Crippen molar-refractivity contribution >= 4 is 22.6 Å². The molecule has 5 nitrogen and oxygen atoms in total. The van der Waals surface area contributed by atoms with Crippen LogP contribution in [0.3, 0.4) is 0 Å². The molecule has 1 aliphatic carbocycles. The number of ether oxygens (including phenoxy) is 2. The number of hydrogen-bond acceptors (Lipinski definition) is 4. The van der Waals surface area contributed by atoms with Gasteiger partial charge in [0.1, 0.15) is 5.54 Å². The van der Waals surface area contributed by atoms with Crippen LogP contribution in [-0.4, -0.2) is 37.7 Å². The van der Waals surface area contributed by atoms with Crippen molar-refractivity contribution in [2.45, 2.75) is 24.8 Å². The quantitative estimate of drug-likeness (QED) is 0.872. The fourth-order valence-corrected chi connectivity index (χ4v) is 4.66. The molecule has 0 aromatic heterocycles. The minimum atomic E-state index is -1.02. The molecule has 2 fully saturated rings. The number of methoxy groups -OCH3 is 1. The lowest BCUT2D eigenvalue weighted by molar-refractivity contribution is -0.220. The summed E-state index contributed by atoms with van der Waals surface area (Å²) in [5.74, 6) is -0.778. The van der Waals surface area contributed by atoms with Gasteiger partial charge >= 0.3 is 5.97 Å². The van der Waals surface area contributed by atoms with E-state index in [1.807, 2.05) is 18.2 Å². The zero-order chi connectivity index (χ0) is 17.7. The highest BCUT2D eigenvalue weighted by Crippen LogP contribution is 2.63. The lowest BCUT2D eigenvalue weighted by Crippen LogP contribution is -2.76. The Morgan fingerprint density at radius 1 is 1.16 bits per heavy atom. The number of esters is 1. The standard InChI is InChI=1S/C20H21NO4/c1-13(22)21-20(18(23)24-2)10-19(11-25-12-19)17(20)16-8-7-14-5-3-4-6-15(14)9-16/h3-9,17H,10-12H2,1-2H3,(H,21,22). The number of carbonyl (C=O) groups is 2. The summed E-state index contributed by atoms with van der Waals surface area (Å²) in [6.07, 6.45) is 0.545. The fourth-order valence-electron chi connectivity index (χ4n) is 4.66. The normalized spacial score (nSPS) is 26.6. The molecule has 1 amide bonds. The molecular weight excluding hydrogens is 318 g/mol. The average Bonchev–Trinajstić information content (AvgIpc) is 2.55.